The number of rotatable bonds is 3. The molecule has 3 rings (SSSR count). The van der Waals surface area contributed by atoms with Crippen LogP contribution in [0.1, 0.15) is 22.3 Å². The molecule has 3 heteroatoms. The molecule has 22 heavy (non-hydrogen) atoms. The van der Waals surface area contributed by atoms with Crippen LogP contribution in [-0.4, -0.2) is 10.9 Å². The molecule has 0 saturated carbocycles. The van der Waals surface area contributed by atoms with Gasteiger partial charge in [0.15, 0.2) is 0 Å². The Morgan fingerprint density at radius 1 is 1.09 bits per heavy atom. The molecule has 0 bridgehead atoms. The molecular formula is C19H20N2O. The van der Waals surface area contributed by atoms with Gasteiger partial charge in [0.2, 0.25) is 5.91 Å². The molecule has 0 atom stereocenters. The summed E-state index contributed by atoms with van der Waals surface area (Å²) in [5.41, 5.74) is 6.43. The van der Waals surface area contributed by atoms with E-state index in [1.807, 2.05) is 44.3 Å². The van der Waals surface area contributed by atoms with Gasteiger partial charge in [-0.15, -0.1) is 0 Å². The standard InChI is InChI=1S/C19H20N2O/c1-12-8-13(2)19(14(3)9-12)21-18(22)10-15-11-20-17-7-5-4-6-16(15)17/h4-9,11,20H,10H2,1-3H3,(H,21,22). The molecule has 0 spiro atoms. The molecule has 2 aromatic carbocycles. The molecule has 0 unspecified atom stereocenters. The molecule has 3 nitrogen and oxygen atoms in total. The molecule has 0 saturated heterocycles. The molecule has 1 amide bonds. The third-order valence-corrected chi connectivity index (χ3v) is 3.97. The van der Waals surface area contributed by atoms with Crippen molar-refractivity contribution in [3.63, 3.8) is 0 Å². The maximum Gasteiger partial charge on any atom is 0.228 e. The predicted octanol–water partition coefficient (Wildman–Crippen LogP) is 4.27. The average Bonchev–Trinajstić information content (AvgIpc) is 2.86. The highest BCUT2D eigenvalue weighted by atomic mass is 16.1. The first-order chi connectivity index (χ1) is 10.5. The van der Waals surface area contributed by atoms with Crippen molar-refractivity contribution in [2.45, 2.75) is 27.2 Å². The quantitative estimate of drug-likeness (QED) is 0.743. The maximum absolute atomic E-state index is 12.4. The van der Waals surface area contributed by atoms with Gasteiger partial charge in [-0.1, -0.05) is 35.9 Å². The summed E-state index contributed by atoms with van der Waals surface area (Å²) in [6.45, 7) is 6.13. The number of aromatic amines is 1. The van der Waals surface area contributed by atoms with Crippen molar-refractivity contribution in [3.05, 3.63) is 64.8 Å². The van der Waals surface area contributed by atoms with Crippen LogP contribution in [0.3, 0.4) is 0 Å². The van der Waals surface area contributed by atoms with Crippen molar-refractivity contribution in [2.75, 3.05) is 5.32 Å². The zero-order chi connectivity index (χ0) is 15.7. The molecular weight excluding hydrogens is 272 g/mol. The van der Waals surface area contributed by atoms with Gasteiger partial charge in [0.05, 0.1) is 6.42 Å². The van der Waals surface area contributed by atoms with Crippen LogP contribution in [0.25, 0.3) is 10.9 Å². The van der Waals surface area contributed by atoms with Crippen LogP contribution in [0.15, 0.2) is 42.6 Å². The van der Waals surface area contributed by atoms with E-state index in [1.165, 1.54) is 5.56 Å². The van der Waals surface area contributed by atoms with E-state index in [4.69, 9.17) is 0 Å². The minimum absolute atomic E-state index is 0.0137. The van der Waals surface area contributed by atoms with Crippen molar-refractivity contribution in [2.24, 2.45) is 0 Å². The molecule has 0 radical (unpaired) electrons. The number of aryl methyl sites for hydroxylation is 3. The molecule has 1 aromatic heterocycles. The molecule has 1 heterocycles. The van der Waals surface area contributed by atoms with E-state index in [0.29, 0.717) is 6.42 Å². The Morgan fingerprint density at radius 3 is 2.50 bits per heavy atom. The van der Waals surface area contributed by atoms with E-state index < -0.39 is 0 Å². The summed E-state index contributed by atoms with van der Waals surface area (Å²) in [5, 5.41) is 4.16. The number of H-pyrrole nitrogens is 1. The second-order valence-electron chi connectivity index (χ2n) is 5.86. The van der Waals surface area contributed by atoms with Crippen LogP contribution in [0.4, 0.5) is 5.69 Å². The van der Waals surface area contributed by atoms with Crippen LogP contribution in [0.5, 0.6) is 0 Å². The maximum atomic E-state index is 12.4. The number of hydrogen-bond acceptors (Lipinski definition) is 1. The summed E-state index contributed by atoms with van der Waals surface area (Å²) in [4.78, 5) is 15.6. The Morgan fingerprint density at radius 2 is 1.77 bits per heavy atom. The first kappa shape index (κ1) is 14.4. The van der Waals surface area contributed by atoms with Crippen molar-refractivity contribution in [1.29, 1.82) is 0 Å². The third kappa shape index (κ3) is 2.75. The van der Waals surface area contributed by atoms with E-state index in [2.05, 4.69) is 29.4 Å². The lowest BCUT2D eigenvalue weighted by Crippen LogP contribution is -2.16. The Balaban J connectivity index is 1.81. The lowest BCUT2D eigenvalue weighted by molar-refractivity contribution is -0.115. The van der Waals surface area contributed by atoms with Crippen LogP contribution in [0.2, 0.25) is 0 Å². The van der Waals surface area contributed by atoms with Crippen molar-refractivity contribution in [3.8, 4) is 0 Å². The van der Waals surface area contributed by atoms with Crippen LogP contribution in [-0.2, 0) is 11.2 Å². The van der Waals surface area contributed by atoms with Gasteiger partial charge in [0.25, 0.3) is 0 Å². The number of amides is 1. The van der Waals surface area contributed by atoms with Crippen molar-refractivity contribution in [1.82, 2.24) is 4.98 Å². The normalized spacial score (nSPS) is 10.9. The molecule has 0 aliphatic heterocycles. The van der Waals surface area contributed by atoms with Gasteiger partial charge >= 0.3 is 0 Å². The summed E-state index contributed by atoms with van der Waals surface area (Å²) in [7, 11) is 0. The van der Waals surface area contributed by atoms with E-state index in [9.17, 15) is 4.79 Å². The largest absolute Gasteiger partial charge is 0.361 e. The number of carbonyl (C=O) groups excluding carboxylic acids is 1. The van der Waals surface area contributed by atoms with Gasteiger partial charge in [-0.25, -0.2) is 0 Å². The van der Waals surface area contributed by atoms with Crippen LogP contribution in [0, 0.1) is 20.8 Å². The molecule has 2 N–H and O–H groups in total. The number of benzene rings is 2. The minimum Gasteiger partial charge on any atom is -0.361 e. The fourth-order valence-corrected chi connectivity index (χ4v) is 3.01. The lowest BCUT2D eigenvalue weighted by Gasteiger charge is -2.12. The topological polar surface area (TPSA) is 44.9 Å². The van der Waals surface area contributed by atoms with Gasteiger partial charge in [0, 0.05) is 22.8 Å². The highest BCUT2D eigenvalue weighted by Crippen LogP contribution is 2.23. The summed E-state index contributed by atoms with van der Waals surface area (Å²) in [6.07, 6.45) is 2.29. The SMILES string of the molecule is Cc1cc(C)c(NC(=O)Cc2c[nH]c3ccccc23)c(C)c1. The minimum atomic E-state index is 0.0137. The van der Waals surface area contributed by atoms with Gasteiger partial charge < -0.3 is 10.3 Å². The van der Waals surface area contributed by atoms with E-state index in [1.54, 1.807) is 0 Å². The third-order valence-electron chi connectivity index (χ3n) is 3.97. The number of fused-ring (bicyclic) bond motifs is 1. The summed E-state index contributed by atoms with van der Waals surface area (Å²) in [6, 6.07) is 12.2. The molecule has 112 valence electrons. The zero-order valence-electron chi connectivity index (χ0n) is 13.2. The first-order valence-corrected chi connectivity index (χ1v) is 7.47. The second kappa shape index (κ2) is 5.68. The van der Waals surface area contributed by atoms with E-state index >= 15 is 0 Å². The highest BCUT2D eigenvalue weighted by Gasteiger charge is 2.11. The lowest BCUT2D eigenvalue weighted by atomic mass is 10.0. The van der Waals surface area contributed by atoms with Crippen LogP contribution >= 0.6 is 0 Å². The smallest absolute Gasteiger partial charge is 0.228 e. The zero-order valence-corrected chi connectivity index (χ0v) is 13.2. The monoisotopic (exact) mass is 292 g/mol. The summed E-state index contributed by atoms with van der Waals surface area (Å²) < 4.78 is 0. The average molecular weight is 292 g/mol. The summed E-state index contributed by atoms with van der Waals surface area (Å²) in [5.74, 6) is 0.0137. The van der Waals surface area contributed by atoms with E-state index in [-0.39, 0.29) is 5.91 Å². The number of aromatic nitrogens is 1. The molecule has 3 aromatic rings. The fraction of sp³-hybridized carbons (Fsp3) is 0.211. The Labute approximate surface area is 130 Å². The number of anilines is 1. The first-order valence-electron chi connectivity index (χ1n) is 7.47. The highest BCUT2D eigenvalue weighted by molar-refractivity contribution is 5.96. The Hall–Kier alpha value is -2.55. The number of nitrogens with one attached hydrogen (secondary N) is 2. The van der Waals surface area contributed by atoms with E-state index in [0.717, 1.165) is 33.3 Å². The van der Waals surface area contributed by atoms with Crippen LogP contribution < -0.4 is 5.32 Å². The summed E-state index contributed by atoms with van der Waals surface area (Å²) >= 11 is 0. The number of para-hydroxylation sites is 1. The molecule has 0 aliphatic carbocycles. The van der Waals surface area contributed by atoms with Crippen molar-refractivity contribution < 1.29 is 4.79 Å². The number of carbonyl (C=O) groups is 1. The second-order valence-corrected chi connectivity index (χ2v) is 5.86. The Bertz CT molecular complexity index is 823. The number of hydrogen-bond donors (Lipinski definition) is 2. The Kier molecular flexibility index (Phi) is 3.72. The molecule has 0 fully saturated rings. The fourth-order valence-electron chi connectivity index (χ4n) is 3.01. The van der Waals surface area contributed by atoms with Crippen molar-refractivity contribution >= 4 is 22.5 Å². The molecule has 0 aliphatic rings. The van der Waals surface area contributed by atoms with Gasteiger partial charge in [-0.2, -0.15) is 0 Å². The van der Waals surface area contributed by atoms with Gasteiger partial charge in [-0.3, -0.25) is 4.79 Å². The van der Waals surface area contributed by atoms with Gasteiger partial charge in [0.1, 0.15) is 0 Å². The predicted molar refractivity (Wildman–Crippen MR) is 91.3 cm³/mol. The van der Waals surface area contributed by atoms with Gasteiger partial charge in [-0.05, 0) is 43.5 Å².